The smallest absolute Gasteiger partial charge is 0.325 e. The molecule has 0 aromatic heterocycles. The number of hydrogen-bond acceptors (Lipinski definition) is 7. The van der Waals surface area contributed by atoms with Gasteiger partial charge >= 0.3 is 5.97 Å². The van der Waals surface area contributed by atoms with Crippen LogP contribution >= 0.6 is 0 Å². The van der Waals surface area contributed by atoms with Crippen molar-refractivity contribution >= 4 is 23.7 Å². The fourth-order valence-corrected chi connectivity index (χ4v) is 2.26. The first-order valence-corrected chi connectivity index (χ1v) is 8.84. The number of amides is 3. The Morgan fingerprint density at radius 1 is 0.897 bits per heavy atom. The van der Waals surface area contributed by atoms with Crippen LogP contribution in [0.2, 0.25) is 0 Å². The Hall–Kier alpha value is -3.02. The first-order valence-electron chi connectivity index (χ1n) is 8.84. The zero-order valence-electron chi connectivity index (χ0n) is 15.9. The summed E-state index contributed by atoms with van der Waals surface area (Å²) in [6.45, 7) is -0.183. The van der Waals surface area contributed by atoms with Crippen LogP contribution in [0.4, 0.5) is 0 Å². The van der Waals surface area contributed by atoms with Crippen LogP contribution in [0.25, 0.3) is 0 Å². The minimum Gasteiger partial charge on any atom is -0.480 e. The molecule has 29 heavy (non-hydrogen) atoms. The van der Waals surface area contributed by atoms with E-state index in [4.69, 9.17) is 15.9 Å². The minimum absolute atomic E-state index is 0.0574. The quantitative estimate of drug-likeness (QED) is 0.202. The summed E-state index contributed by atoms with van der Waals surface area (Å²) in [5.74, 6) is -3.74. The number of carboxylic acids is 1. The number of nitrogens with one attached hydrogen (secondary N) is 3. The summed E-state index contributed by atoms with van der Waals surface area (Å²) in [7, 11) is 0. The number of aliphatic carboxylic acids is 1. The first kappa shape index (κ1) is 24.0. The van der Waals surface area contributed by atoms with E-state index in [9.17, 15) is 24.3 Å². The van der Waals surface area contributed by atoms with Gasteiger partial charge in [-0.1, -0.05) is 30.3 Å². The minimum atomic E-state index is -1.43. The third-order valence-corrected chi connectivity index (χ3v) is 3.99. The third-order valence-electron chi connectivity index (χ3n) is 3.99. The highest BCUT2D eigenvalue weighted by atomic mass is 16.4. The van der Waals surface area contributed by atoms with Crippen LogP contribution < -0.4 is 21.7 Å². The Balaban J connectivity index is 2.91. The number of carboxylic acid groups (broad SMARTS) is 1. The number of nitrogens with two attached hydrogens (primary N) is 1. The van der Waals surface area contributed by atoms with Crippen LogP contribution in [0.1, 0.15) is 12.5 Å². The lowest BCUT2D eigenvalue weighted by atomic mass is 10.0. The third kappa shape index (κ3) is 7.86. The van der Waals surface area contributed by atoms with E-state index in [0.717, 1.165) is 0 Å². The van der Waals surface area contributed by atoms with E-state index in [1.807, 2.05) is 0 Å². The van der Waals surface area contributed by atoms with E-state index >= 15 is 0 Å². The lowest BCUT2D eigenvalue weighted by molar-refractivity contribution is -0.142. The van der Waals surface area contributed by atoms with Gasteiger partial charge in [0.25, 0.3) is 0 Å². The predicted octanol–water partition coefficient (Wildman–Crippen LogP) is -2.90. The second kappa shape index (κ2) is 11.7. The molecule has 0 spiro atoms. The van der Waals surface area contributed by atoms with Crippen molar-refractivity contribution in [3.05, 3.63) is 35.9 Å². The average Bonchev–Trinajstić information content (AvgIpc) is 2.70. The van der Waals surface area contributed by atoms with Crippen molar-refractivity contribution in [3.63, 3.8) is 0 Å². The van der Waals surface area contributed by atoms with Crippen LogP contribution in [-0.4, -0.2) is 76.4 Å². The van der Waals surface area contributed by atoms with Crippen LogP contribution in [-0.2, 0) is 25.6 Å². The molecule has 8 N–H and O–H groups in total. The maximum Gasteiger partial charge on any atom is 0.325 e. The molecular weight excluding hydrogens is 384 g/mol. The molecule has 4 unspecified atom stereocenters. The van der Waals surface area contributed by atoms with Crippen molar-refractivity contribution in [2.75, 3.05) is 13.2 Å². The van der Waals surface area contributed by atoms with Crippen molar-refractivity contribution in [1.82, 2.24) is 16.0 Å². The number of rotatable bonds is 11. The van der Waals surface area contributed by atoms with E-state index < -0.39 is 61.1 Å². The fourth-order valence-electron chi connectivity index (χ4n) is 2.26. The highest BCUT2D eigenvalue weighted by Gasteiger charge is 2.29. The van der Waals surface area contributed by atoms with Crippen molar-refractivity contribution < 1.29 is 34.5 Å². The van der Waals surface area contributed by atoms with Crippen LogP contribution in [0.15, 0.2) is 30.3 Å². The van der Waals surface area contributed by atoms with Gasteiger partial charge in [0.2, 0.25) is 17.7 Å². The molecule has 11 heteroatoms. The number of carbonyl (C=O) groups excluding carboxylic acids is 3. The van der Waals surface area contributed by atoms with Gasteiger partial charge in [-0.3, -0.25) is 19.2 Å². The number of aliphatic hydroxyl groups is 2. The lowest BCUT2D eigenvalue weighted by Crippen LogP contribution is -2.58. The molecule has 1 aromatic rings. The zero-order valence-corrected chi connectivity index (χ0v) is 15.9. The molecule has 160 valence electrons. The van der Waals surface area contributed by atoms with Gasteiger partial charge in [-0.25, -0.2) is 0 Å². The number of hydrogen-bond donors (Lipinski definition) is 7. The molecule has 3 amide bonds. The Morgan fingerprint density at radius 2 is 1.45 bits per heavy atom. The van der Waals surface area contributed by atoms with Gasteiger partial charge in [-0.05, 0) is 12.5 Å². The summed E-state index contributed by atoms with van der Waals surface area (Å²) >= 11 is 0. The summed E-state index contributed by atoms with van der Waals surface area (Å²) in [6, 6.07) is 3.66. The van der Waals surface area contributed by atoms with E-state index in [2.05, 4.69) is 16.0 Å². The van der Waals surface area contributed by atoms with Crippen molar-refractivity contribution in [3.8, 4) is 0 Å². The molecule has 0 aliphatic rings. The number of carbonyl (C=O) groups is 4. The van der Waals surface area contributed by atoms with Gasteiger partial charge in [0.1, 0.15) is 24.2 Å². The van der Waals surface area contributed by atoms with Gasteiger partial charge in [0.05, 0.1) is 13.2 Å². The molecule has 1 rings (SSSR count). The fraction of sp³-hybridized carbons (Fsp3) is 0.444. The van der Waals surface area contributed by atoms with Crippen LogP contribution in [0, 0.1) is 0 Å². The summed E-state index contributed by atoms with van der Waals surface area (Å²) in [5.41, 5.74) is 6.17. The monoisotopic (exact) mass is 410 g/mol. The molecule has 0 fully saturated rings. The van der Waals surface area contributed by atoms with E-state index in [1.54, 1.807) is 30.3 Å². The molecular formula is C18H26N4O7. The topological polar surface area (TPSA) is 191 Å². The molecule has 0 bridgehead atoms. The molecule has 0 heterocycles. The number of benzene rings is 1. The van der Waals surface area contributed by atoms with Gasteiger partial charge in [0.15, 0.2) is 0 Å². The van der Waals surface area contributed by atoms with Crippen molar-refractivity contribution in [2.24, 2.45) is 5.73 Å². The Morgan fingerprint density at radius 3 is 1.97 bits per heavy atom. The first-order chi connectivity index (χ1) is 13.7. The summed E-state index contributed by atoms with van der Waals surface area (Å²) in [6.07, 6.45) is 0.0574. The zero-order chi connectivity index (χ0) is 22.0. The number of aliphatic hydroxyl groups excluding tert-OH is 2. The van der Waals surface area contributed by atoms with Gasteiger partial charge in [-0.15, -0.1) is 0 Å². The second-order valence-electron chi connectivity index (χ2n) is 6.35. The summed E-state index contributed by atoms with van der Waals surface area (Å²) < 4.78 is 0. The van der Waals surface area contributed by atoms with Crippen LogP contribution in [0.3, 0.4) is 0 Å². The molecule has 0 aliphatic carbocycles. The predicted molar refractivity (Wildman–Crippen MR) is 101 cm³/mol. The molecule has 0 aliphatic heterocycles. The molecule has 0 saturated heterocycles. The highest BCUT2D eigenvalue weighted by molar-refractivity contribution is 5.94. The lowest BCUT2D eigenvalue weighted by Gasteiger charge is -2.23. The van der Waals surface area contributed by atoms with E-state index in [0.29, 0.717) is 5.56 Å². The Bertz CT molecular complexity index is 713. The SMILES string of the molecule is CC(NC(=O)C(CO)NC(=O)C(Cc1ccccc1)NC(=O)C(N)CO)C(=O)O. The standard InChI is InChI=1S/C18H26N4O7/c1-10(18(28)29)20-17(27)14(9-24)22-16(26)13(21-15(25)12(19)8-23)7-11-5-3-2-4-6-11/h2-6,10,12-14,23-24H,7-9,19H2,1H3,(H,20,27)(H,21,25)(H,22,26)(H,28,29). The maximum atomic E-state index is 12.7. The average molecular weight is 410 g/mol. The normalized spacial score (nSPS) is 14.8. The van der Waals surface area contributed by atoms with Crippen molar-refractivity contribution in [1.29, 1.82) is 0 Å². The Kier molecular flexibility index (Phi) is 9.72. The Labute approximate surface area is 167 Å². The largest absolute Gasteiger partial charge is 0.480 e. The van der Waals surface area contributed by atoms with Gasteiger partial charge < -0.3 is 37.0 Å². The van der Waals surface area contributed by atoms with Gasteiger partial charge in [0, 0.05) is 6.42 Å². The summed E-state index contributed by atoms with van der Waals surface area (Å²) in [4.78, 5) is 47.6. The van der Waals surface area contributed by atoms with Crippen LogP contribution in [0.5, 0.6) is 0 Å². The van der Waals surface area contributed by atoms with E-state index in [-0.39, 0.29) is 6.42 Å². The van der Waals surface area contributed by atoms with E-state index in [1.165, 1.54) is 6.92 Å². The molecule has 0 saturated carbocycles. The maximum absolute atomic E-state index is 12.7. The molecule has 4 atom stereocenters. The highest BCUT2D eigenvalue weighted by Crippen LogP contribution is 2.04. The van der Waals surface area contributed by atoms with Gasteiger partial charge in [-0.2, -0.15) is 0 Å². The molecule has 0 radical (unpaired) electrons. The van der Waals surface area contributed by atoms with Crippen molar-refractivity contribution in [2.45, 2.75) is 37.5 Å². The second-order valence-corrected chi connectivity index (χ2v) is 6.35. The molecule has 11 nitrogen and oxygen atoms in total. The molecule has 1 aromatic carbocycles. The summed E-state index contributed by atoms with van der Waals surface area (Å²) in [5, 5.41) is 34.1.